The highest BCUT2D eigenvalue weighted by atomic mass is 32.2. The largest absolute Gasteiger partial charge is 0.493 e. The van der Waals surface area contributed by atoms with Crippen molar-refractivity contribution in [1.29, 1.82) is 0 Å². The van der Waals surface area contributed by atoms with Gasteiger partial charge in [-0.3, -0.25) is 13.9 Å². The molecule has 0 aliphatic carbocycles. The summed E-state index contributed by atoms with van der Waals surface area (Å²) in [6, 6.07) is 30.6. The zero-order valence-electron chi connectivity index (χ0n) is 25.8. The lowest BCUT2D eigenvalue weighted by molar-refractivity contribution is -0.140. The Morgan fingerprint density at radius 2 is 1.36 bits per heavy atom. The molecule has 1 N–H and O–H groups in total. The lowest BCUT2D eigenvalue weighted by atomic mass is 10.0. The van der Waals surface area contributed by atoms with Crippen molar-refractivity contribution in [3.63, 3.8) is 0 Å². The summed E-state index contributed by atoms with van der Waals surface area (Å²) in [6.07, 6.45) is 0.977. The predicted octanol–water partition coefficient (Wildman–Crippen LogP) is 5.07. The van der Waals surface area contributed by atoms with E-state index in [2.05, 4.69) is 5.32 Å². The van der Waals surface area contributed by atoms with Crippen LogP contribution in [0.5, 0.6) is 11.5 Å². The van der Waals surface area contributed by atoms with E-state index in [0.29, 0.717) is 18.0 Å². The van der Waals surface area contributed by atoms with Gasteiger partial charge < -0.3 is 19.7 Å². The monoisotopic (exact) mass is 629 g/mol. The molecule has 0 saturated carbocycles. The van der Waals surface area contributed by atoms with Crippen molar-refractivity contribution in [2.45, 2.75) is 37.2 Å². The van der Waals surface area contributed by atoms with Crippen LogP contribution in [0.25, 0.3) is 0 Å². The molecule has 0 spiro atoms. The van der Waals surface area contributed by atoms with Crippen LogP contribution in [0.4, 0.5) is 5.69 Å². The summed E-state index contributed by atoms with van der Waals surface area (Å²) in [5.41, 5.74) is 1.98. The van der Waals surface area contributed by atoms with Gasteiger partial charge in [-0.25, -0.2) is 8.42 Å². The molecule has 2 amide bonds. The number of methoxy groups -OCH3 is 2. The zero-order chi connectivity index (χ0) is 32.2. The van der Waals surface area contributed by atoms with Gasteiger partial charge in [-0.05, 0) is 41.8 Å². The number of para-hydroxylation sites is 1. The third kappa shape index (κ3) is 8.42. The fourth-order valence-corrected chi connectivity index (χ4v) is 6.36. The first-order valence-corrected chi connectivity index (χ1v) is 16.2. The van der Waals surface area contributed by atoms with E-state index in [1.807, 2.05) is 67.6 Å². The molecule has 236 valence electrons. The Labute approximate surface area is 265 Å². The van der Waals surface area contributed by atoms with E-state index in [-0.39, 0.29) is 29.5 Å². The van der Waals surface area contributed by atoms with Crippen molar-refractivity contribution in [1.82, 2.24) is 10.2 Å². The molecular weight excluding hydrogens is 590 g/mol. The van der Waals surface area contributed by atoms with Crippen molar-refractivity contribution in [3.8, 4) is 11.5 Å². The van der Waals surface area contributed by atoms with Gasteiger partial charge in [-0.15, -0.1) is 0 Å². The van der Waals surface area contributed by atoms with Crippen molar-refractivity contribution < 1.29 is 27.5 Å². The number of carbonyl (C=O) groups excluding carboxylic acids is 2. The number of ether oxygens (including phenoxy) is 2. The Morgan fingerprint density at radius 1 is 0.778 bits per heavy atom. The fourth-order valence-electron chi connectivity index (χ4n) is 4.93. The van der Waals surface area contributed by atoms with Crippen LogP contribution in [0.15, 0.2) is 114 Å². The molecule has 4 aromatic rings. The van der Waals surface area contributed by atoms with Gasteiger partial charge in [0.15, 0.2) is 11.5 Å². The minimum atomic E-state index is -4.28. The molecular formula is C35H39N3O6S. The predicted molar refractivity (Wildman–Crippen MR) is 175 cm³/mol. The van der Waals surface area contributed by atoms with Gasteiger partial charge in [0, 0.05) is 25.6 Å². The number of rotatable bonds is 15. The second kappa shape index (κ2) is 15.8. The number of amides is 2. The van der Waals surface area contributed by atoms with Crippen LogP contribution in [0.2, 0.25) is 0 Å². The molecule has 4 aromatic carbocycles. The molecule has 0 bridgehead atoms. The molecule has 0 aromatic heterocycles. The average Bonchev–Trinajstić information content (AvgIpc) is 3.08. The van der Waals surface area contributed by atoms with E-state index in [1.54, 1.807) is 30.3 Å². The van der Waals surface area contributed by atoms with Crippen LogP contribution in [0, 0.1) is 0 Å². The summed E-state index contributed by atoms with van der Waals surface area (Å²) >= 11 is 0. The van der Waals surface area contributed by atoms with Gasteiger partial charge in [0.2, 0.25) is 11.8 Å². The molecule has 1 atom stereocenters. The highest BCUT2D eigenvalue weighted by Gasteiger charge is 2.34. The van der Waals surface area contributed by atoms with Crippen molar-refractivity contribution in [3.05, 3.63) is 120 Å². The number of nitrogens with one attached hydrogen (secondary N) is 1. The van der Waals surface area contributed by atoms with Crippen LogP contribution < -0.4 is 19.1 Å². The van der Waals surface area contributed by atoms with Gasteiger partial charge in [0.05, 0.1) is 24.8 Å². The standard InChI is InChI=1S/C35H39N3O6S/c1-4-22-36-35(40)31(23-27-14-8-5-9-15-27)37(25-28-16-10-6-11-17-28)34(39)26-38(29-18-12-7-13-19-29)45(41,42)30-20-21-32(43-2)33(24-30)44-3/h5-21,24,31H,4,22-23,25-26H2,1-3H3,(H,36,40). The number of hydrogen-bond donors (Lipinski definition) is 1. The van der Waals surface area contributed by atoms with E-state index in [4.69, 9.17) is 9.47 Å². The van der Waals surface area contributed by atoms with Crippen LogP contribution in [-0.4, -0.2) is 58.5 Å². The third-order valence-electron chi connectivity index (χ3n) is 7.28. The number of anilines is 1. The minimum Gasteiger partial charge on any atom is -0.493 e. The molecule has 1 unspecified atom stereocenters. The number of sulfonamides is 1. The van der Waals surface area contributed by atoms with Crippen molar-refractivity contribution >= 4 is 27.5 Å². The minimum absolute atomic E-state index is 0.0760. The van der Waals surface area contributed by atoms with Crippen LogP contribution >= 0.6 is 0 Å². The molecule has 0 saturated heterocycles. The van der Waals surface area contributed by atoms with Gasteiger partial charge in [0.25, 0.3) is 10.0 Å². The normalized spacial score (nSPS) is 11.7. The Hall–Kier alpha value is -4.83. The summed E-state index contributed by atoms with van der Waals surface area (Å²) < 4.78 is 40.2. The smallest absolute Gasteiger partial charge is 0.264 e. The lowest BCUT2D eigenvalue weighted by Gasteiger charge is -2.34. The van der Waals surface area contributed by atoms with Crippen LogP contribution in [0.1, 0.15) is 24.5 Å². The third-order valence-corrected chi connectivity index (χ3v) is 9.05. The van der Waals surface area contributed by atoms with E-state index in [9.17, 15) is 18.0 Å². The SMILES string of the molecule is CCCNC(=O)C(Cc1ccccc1)N(Cc1ccccc1)C(=O)CN(c1ccccc1)S(=O)(=O)c1ccc(OC)c(OC)c1. The Kier molecular flexibility index (Phi) is 11.6. The Bertz CT molecular complexity index is 1650. The van der Waals surface area contributed by atoms with Gasteiger partial charge >= 0.3 is 0 Å². The Balaban J connectivity index is 1.78. The van der Waals surface area contributed by atoms with Crippen LogP contribution in [0.3, 0.4) is 0 Å². The van der Waals surface area contributed by atoms with Gasteiger partial charge in [-0.2, -0.15) is 0 Å². The van der Waals surface area contributed by atoms with E-state index >= 15 is 0 Å². The summed E-state index contributed by atoms with van der Waals surface area (Å²) in [6.45, 7) is 1.97. The maximum absolute atomic E-state index is 14.4. The first-order valence-electron chi connectivity index (χ1n) is 14.7. The highest BCUT2D eigenvalue weighted by Crippen LogP contribution is 2.32. The molecule has 0 aliphatic rings. The van der Waals surface area contributed by atoms with E-state index in [1.165, 1.54) is 37.3 Å². The molecule has 0 heterocycles. The summed E-state index contributed by atoms with van der Waals surface area (Å²) in [7, 11) is -1.40. The molecule has 10 heteroatoms. The lowest BCUT2D eigenvalue weighted by Crippen LogP contribution is -2.53. The number of hydrogen-bond acceptors (Lipinski definition) is 6. The van der Waals surface area contributed by atoms with Crippen molar-refractivity contribution in [2.24, 2.45) is 0 Å². The molecule has 0 radical (unpaired) electrons. The summed E-state index contributed by atoms with van der Waals surface area (Å²) in [4.78, 5) is 29.5. The maximum atomic E-state index is 14.4. The average molecular weight is 630 g/mol. The second-order valence-corrected chi connectivity index (χ2v) is 12.2. The number of carbonyl (C=O) groups is 2. The highest BCUT2D eigenvalue weighted by molar-refractivity contribution is 7.92. The topological polar surface area (TPSA) is 105 Å². The summed E-state index contributed by atoms with van der Waals surface area (Å²) in [5, 5.41) is 2.95. The molecule has 45 heavy (non-hydrogen) atoms. The number of nitrogens with zero attached hydrogens (tertiary/aromatic N) is 2. The number of benzene rings is 4. The molecule has 9 nitrogen and oxygen atoms in total. The van der Waals surface area contributed by atoms with E-state index < -0.39 is 28.5 Å². The zero-order valence-corrected chi connectivity index (χ0v) is 26.6. The van der Waals surface area contributed by atoms with Gasteiger partial charge in [0.1, 0.15) is 12.6 Å². The van der Waals surface area contributed by atoms with Crippen LogP contribution in [-0.2, 0) is 32.6 Å². The van der Waals surface area contributed by atoms with E-state index in [0.717, 1.165) is 21.9 Å². The Morgan fingerprint density at radius 3 is 1.93 bits per heavy atom. The van der Waals surface area contributed by atoms with Crippen molar-refractivity contribution in [2.75, 3.05) is 31.6 Å². The fraction of sp³-hybridized carbons (Fsp3) is 0.257. The second-order valence-electron chi connectivity index (χ2n) is 10.4. The first kappa shape index (κ1) is 33.1. The summed E-state index contributed by atoms with van der Waals surface area (Å²) in [5.74, 6) is -0.230. The molecule has 0 fully saturated rings. The van der Waals surface area contributed by atoms with Gasteiger partial charge in [-0.1, -0.05) is 85.8 Å². The maximum Gasteiger partial charge on any atom is 0.264 e. The first-order chi connectivity index (χ1) is 21.8. The molecule has 0 aliphatic heterocycles. The molecule has 4 rings (SSSR count). The quantitative estimate of drug-likeness (QED) is 0.197.